The molecule has 2 aliphatic rings. The lowest BCUT2D eigenvalue weighted by molar-refractivity contribution is 0.0972. The number of nitrogens with zero attached hydrogens (tertiary/aromatic N) is 3. The van der Waals surface area contributed by atoms with Crippen LogP contribution in [0.3, 0.4) is 0 Å². The summed E-state index contributed by atoms with van der Waals surface area (Å²) in [6.45, 7) is 3.98. The molecular formula is C25H27N5O2. The largest absolute Gasteiger partial charge is 0.368 e. The van der Waals surface area contributed by atoms with E-state index in [1.165, 1.54) is 0 Å². The van der Waals surface area contributed by atoms with Gasteiger partial charge in [0.15, 0.2) is 5.78 Å². The van der Waals surface area contributed by atoms with Crippen molar-refractivity contribution in [3.05, 3.63) is 59.8 Å². The normalized spacial score (nSPS) is 16.7. The summed E-state index contributed by atoms with van der Waals surface area (Å²) in [4.78, 5) is 33.9. The zero-order valence-corrected chi connectivity index (χ0v) is 18.2. The Morgan fingerprint density at radius 3 is 2.50 bits per heavy atom. The van der Waals surface area contributed by atoms with Gasteiger partial charge in [-0.3, -0.25) is 9.78 Å². The fourth-order valence-corrected chi connectivity index (χ4v) is 4.55. The zero-order chi connectivity index (χ0) is 22.1. The third kappa shape index (κ3) is 4.16. The van der Waals surface area contributed by atoms with Gasteiger partial charge in [-0.2, -0.15) is 0 Å². The number of aromatic nitrogens is 1. The average molecular weight is 430 g/mol. The Morgan fingerprint density at radius 2 is 1.69 bits per heavy atom. The van der Waals surface area contributed by atoms with Crippen LogP contribution in [0.15, 0.2) is 48.7 Å². The summed E-state index contributed by atoms with van der Waals surface area (Å²) < 4.78 is 0. The van der Waals surface area contributed by atoms with Gasteiger partial charge in [-0.05, 0) is 67.9 Å². The molecule has 2 N–H and O–H groups in total. The van der Waals surface area contributed by atoms with E-state index >= 15 is 0 Å². The molecule has 164 valence electrons. The van der Waals surface area contributed by atoms with Crippen molar-refractivity contribution in [1.29, 1.82) is 0 Å². The predicted molar refractivity (Wildman–Crippen MR) is 128 cm³/mol. The van der Waals surface area contributed by atoms with Crippen molar-refractivity contribution in [1.82, 2.24) is 9.88 Å². The first kappa shape index (κ1) is 20.5. The zero-order valence-electron chi connectivity index (χ0n) is 18.2. The van der Waals surface area contributed by atoms with Crippen molar-refractivity contribution in [3.63, 3.8) is 0 Å². The van der Waals surface area contributed by atoms with Crippen molar-refractivity contribution in [2.75, 3.05) is 48.8 Å². The smallest absolute Gasteiger partial charge is 0.323 e. The minimum absolute atomic E-state index is 0.183. The number of amides is 2. The van der Waals surface area contributed by atoms with Crippen LogP contribution in [0.25, 0.3) is 10.9 Å². The third-order valence-electron chi connectivity index (χ3n) is 6.33. The van der Waals surface area contributed by atoms with Crippen LogP contribution in [0.4, 0.5) is 21.9 Å². The first-order valence-corrected chi connectivity index (χ1v) is 11.1. The number of rotatable bonds is 3. The maximum Gasteiger partial charge on any atom is 0.323 e. The highest BCUT2D eigenvalue weighted by molar-refractivity contribution is 6.03. The number of ketones is 1. The molecule has 0 unspecified atom stereocenters. The number of pyridine rings is 1. The number of Topliss-reactive ketones (excluding diaryl/α,β-unsaturated/α-hetero) is 1. The van der Waals surface area contributed by atoms with Gasteiger partial charge in [0.25, 0.3) is 0 Å². The van der Waals surface area contributed by atoms with E-state index in [0.29, 0.717) is 17.8 Å². The number of benzene rings is 2. The number of carbonyl (C=O) groups excluding carboxylic acids is 2. The highest BCUT2D eigenvalue weighted by Gasteiger charge is 2.18. The van der Waals surface area contributed by atoms with Crippen molar-refractivity contribution < 1.29 is 9.59 Å². The number of carbonyl (C=O) groups is 2. The Labute approximate surface area is 187 Å². The molecule has 0 radical (unpaired) electrons. The van der Waals surface area contributed by atoms with Gasteiger partial charge in [0.05, 0.1) is 5.52 Å². The van der Waals surface area contributed by atoms with E-state index in [4.69, 9.17) is 0 Å². The standard InChI is InChI=1S/C25H27N5O2/c1-29-11-13-30(14-12-29)23-9-10-26-22-8-6-19(16-21(22)23)28-25(32)27-18-5-7-20-17(15-18)3-2-4-24(20)31/h5-10,15-16H,2-4,11-14H2,1H3,(H2,27,28,32). The quantitative estimate of drug-likeness (QED) is 0.654. The Balaban J connectivity index is 1.33. The van der Waals surface area contributed by atoms with Crippen LogP contribution in [0.1, 0.15) is 28.8 Å². The minimum atomic E-state index is -0.309. The second-order valence-electron chi connectivity index (χ2n) is 8.58. The summed E-state index contributed by atoms with van der Waals surface area (Å²) in [5.41, 5.74) is 5.25. The topological polar surface area (TPSA) is 77.6 Å². The Bertz CT molecular complexity index is 1180. The summed E-state index contributed by atoms with van der Waals surface area (Å²) in [5.74, 6) is 0.183. The summed E-state index contributed by atoms with van der Waals surface area (Å²) in [7, 11) is 2.14. The second kappa shape index (κ2) is 8.59. The number of aryl methyl sites for hydroxylation is 1. The van der Waals surface area contributed by atoms with E-state index in [1.54, 1.807) is 6.07 Å². The van der Waals surface area contributed by atoms with E-state index in [-0.39, 0.29) is 11.8 Å². The van der Waals surface area contributed by atoms with E-state index in [0.717, 1.165) is 66.7 Å². The van der Waals surface area contributed by atoms with Gasteiger partial charge in [0.1, 0.15) is 0 Å². The van der Waals surface area contributed by atoms with E-state index in [1.807, 2.05) is 42.6 Å². The summed E-state index contributed by atoms with van der Waals surface area (Å²) in [6, 6.07) is 13.0. The fourth-order valence-electron chi connectivity index (χ4n) is 4.55. The lowest BCUT2D eigenvalue weighted by Crippen LogP contribution is -2.44. The third-order valence-corrected chi connectivity index (χ3v) is 6.33. The first-order valence-electron chi connectivity index (χ1n) is 11.1. The Hall–Kier alpha value is -3.45. The number of nitrogens with one attached hydrogen (secondary N) is 2. The predicted octanol–water partition coefficient (Wildman–Crippen LogP) is 4.15. The molecule has 5 rings (SSSR count). The Kier molecular flexibility index (Phi) is 5.49. The van der Waals surface area contributed by atoms with Gasteiger partial charge in [0, 0.05) is 66.8 Å². The number of fused-ring (bicyclic) bond motifs is 2. The monoisotopic (exact) mass is 429 g/mol. The highest BCUT2D eigenvalue weighted by atomic mass is 16.2. The van der Waals surface area contributed by atoms with E-state index in [2.05, 4.69) is 32.5 Å². The van der Waals surface area contributed by atoms with Gasteiger partial charge in [-0.25, -0.2) is 4.79 Å². The minimum Gasteiger partial charge on any atom is -0.368 e. The summed E-state index contributed by atoms with van der Waals surface area (Å²) in [5, 5.41) is 6.86. The first-order chi connectivity index (χ1) is 15.6. The second-order valence-corrected chi connectivity index (χ2v) is 8.58. The molecule has 7 nitrogen and oxygen atoms in total. The van der Waals surface area contributed by atoms with Crippen LogP contribution in [0.2, 0.25) is 0 Å². The average Bonchev–Trinajstić information content (AvgIpc) is 2.79. The van der Waals surface area contributed by atoms with E-state index < -0.39 is 0 Å². The molecule has 1 saturated heterocycles. The molecule has 1 aromatic heterocycles. The van der Waals surface area contributed by atoms with Crippen LogP contribution in [-0.2, 0) is 6.42 Å². The van der Waals surface area contributed by atoms with Gasteiger partial charge < -0.3 is 20.4 Å². The maximum absolute atomic E-state index is 12.7. The van der Waals surface area contributed by atoms with Crippen LogP contribution in [-0.4, -0.2) is 54.9 Å². The molecule has 32 heavy (non-hydrogen) atoms. The molecule has 2 aromatic carbocycles. The molecule has 1 aliphatic carbocycles. The van der Waals surface area contributed by atoms with Crippen molar-refractivity contribution in [3.8, 4) is 0 Å². The van der Waals surface area contributed by atoms with Crippen LogP contribution < -0.4 is 15.5 Å². The fraction of sp³-hybridized carbons (Fsp3) is 0.320. The van der Waals surface area contributed by atoms with Crippen molar-refractivity contribution in [2.24, 2.45) is 0 Å². The van der Waals surface area contributed by atoms with Gasteiger partial charge in [-0.15, -0.1) is 0 Å². The molecule has 0 saturated carbocycles. The van der Waals surface area contributed by atoms with Crippen LogP contribution >= 0.6 is 0 Å². The molecule has 1 fully saturated rings. The highest BCUT2D eigenvalue weighted by Crippen LogP contribution is 2.29. The number of piperazine rings is 1. The molecule has 1 aliphatic heterocycles. The number of hydrogen-bond donors (Lipinski definition) is 2. The molecule has 3 aromatic rings. The molecular weight excluding hydrogens is 402 g/mol. The molecule has 0 spiro atoms. The lowest BCUT2D eigenvalue weighted by atomic mass is 9.90. The van der Waals surface area contributed by atoms with Crippen molar-refractivity contribution >= 4 is 39.8 Å². The van der Waals surface area contributed by atoms with Gasteiger partial charge >= 0.3 is 6.03 Å². The van der Waals surface area contributed by atoms with Crippen molar-refractivity contribution in [2.45, 2.75) is 19.3 Å². The molecule has 7 heteroatoms. The molecule has 2 amide bonds. The molecule has 0 atom stereocenters. The van der Waals surface area contributed by atoms with E-state index in [9.17, 15) is 9.59 Å². The lowest BCUT2D eigenvalue weighted by Gasteiger charge is -2.34. The molecule has 2 heterocycles. The maximum atomic E-state index is 12.7. The van der Waals surface area contributed by atoms with Gasteiger partial charge in [-0.1, -0.05) is 0 Å². The number of likely N-dealkylation sites (N-methyl/N-ethyl adjacent to an activating group) is 1. The van der Waals surface area contributed by atoms with Crippen LogP contribution in [0.5, 0.6) is 0 Å². The SMILES string of the molecule is CN1CCN(c2ccnc3ccc(NC(=O)Nc4ccc5c(c4)CCCC5=O)cc23)CC1. The number of hydrogen-bond acceptors (Lipinski definition) is 5. The molecule has 0 bridgehead atoms. The number of urea groups is 1. The van der Waals surface area contributed by atoms with Gasteiger partial charge in [0.2, 0.25) is 0 Å². The summed E-state index contributed by atoms with van der Waals surface area (Å²) >= 11 is 0. The van der Waals surface area contributed by atoms with Crippen LogP contribution in [0, 0.1) is 0 Å². The Morgan fingerprint density at radius 1 is 0.938 bits per heavy atom. The number of anilines is 3. The summed E-state index contributed by atoms with van der Waals surface area (Å²) in [6.07, 6.45) is 4.18.